The van der Waals surface area contributed by atoms with E-state index in [0.29, 0.717) is 5.56 Å². The van der Waals surface area contributed by atoms with Crippen LogP contribution in [-0.4, -0.2) is 5.91 Å². The van der Waals surface area contributed by atoms with Gasteiger partial charge in [0, 0.05) is 10.5 Å². The highest BCUT2D eigenvalue weighted by atomic mass is 79.9. The molecular formula is C15H9BrF3NO. The standard InChI is InChI=1S/C15H9BrF3NO/c16-10-7-12(18)15(13(19)8-10)20-14(21)6-3-9-1-4-11(17)5-2-9/h1-8H,(H,20,21). The predicted molar refractivity (Wildman–Crippen MR) is 78.1 cm³/mol. The van der Waals surface area contributed by atoms with Crippen LogP contribution in [0, 0.1) is 17.5 Å². The Kier molecular flexibility index (Phi) is 4.80. The van der Waals surface area contributed by atoms with Crippen LogP contribution in [0.2, 0.25) is 0 Å². The molecule has 0 bridgehead atoms. The number of carbonyl (C=O) groups is 1. The molecule has 0 atom stereocenters. The predicted octanol–water partition coefficient (Wildman–Crippen LogP) is 4.52. The third kappa shape index (κ3) is 4.19. The van der Waals surface area contributed by atoms with Crippen LogP contribution < -0.4 is 5.32 Å². The number of halogens is 4. The summed E-state index contributed by atoms with van der Waals surface area (Å²) >= 11 is 2.94. The number of hydrogen-bond acceptors (Lipinski definition) is 1. The van der Waals surface area contributed by atoms with Gasteiger partial charge in [-0.3, -0.25) is 4.79 Å². The Labute approximate surface area is 127 Å². The molecule has 2 rings (SSSR count). The van der Waals surface area contributed by atoms with Gasteiger partial charge in [-0.05, 0) is 35.9 Å². The highest BCUT2D eigenvalue weighted by Crippen LogP contribution is 2.23. The number of amides is 1. The molecule has 1 amide bonds. The van der Waals surface area contributed by atoms with E-state index in [1.54, 1.807) is 0 Å². The molecule has 0 aliphatic carbocycles. The van der Waals surface area contributed by atoms with Crippen molar-refractivity contribution in [3.8, 4) is 0 Å². The van der Waals surface area contributed by atoms with Crippen molar-refractivity contribution in [2.45, 2.75) is 0 Å². The highest BCUT2D eigenvalue weighted by molar-refractivity contribution is 9.10. The molecule has 2 aromatic carbocycles. The molecule has 0 radical (unpaired) electrons. The first-order chi connectivity index (χ1) is 9.95. The Bertz CT molecular complexity index is 676. The zero-order valence-electron chi connectivity index (χ0n) is 10.5. The SMILES string of the molecule is O=C(C=Cc1ccc(F)cc1)Nc1c(F)cc(Br)cc1F. The van der Waals surface area contributed by atoms with Crippen molar-refractivity contribution >= 4 is 33.6 Å². The molecule has 6 heteroatoms. The van der Waals surface area contributed by atoms with Crippen molar-refractivity contribution < 1.29 is 18.0 Å². The van der Waals surface area contributed by atoms with E-state index in [2.05, 4.69) is 21.2 Å². The van der Waals surface area contributed by atoms with Crippen molar-refractivity contribution in [3.05, 3.63) is 70.0 Å². The van der Waals surface area contributed by atoms with Gasteiger partial charge in [0.2, 0.25) is 5.91 Å². The van der Waals surface area contributed by atoms with Crippen molar-refractivity contribution in [2.75, 3.05) is 5.32 Å². The first kappa shape index (κ1) is 15.3. The molecule has 0 spiro atoms. The lowest BCUT2D eigenvalue weighted by Gasteiger charge is -2.06. The maximum absolute atomic E-state index is 13.5. The van der Waals surface area contributed by atoms with Crippen molar-refractivity contribution in [1.29, 1.82) is 0 Å². The molecule has 1 N–H and O–H groups in total. The Morgan fingerprint density at radius 1 is 1.05 bits per heavy atom. The van der Waals surface area contributed by atoms with E-state index >= 15 is 0 Å². The van der Waals surface area contributed by atoms with E-state index in [1.165, 1.54) is 30.3 Å². The normalized spacial score (nSPS) is 10.9. The Morgan fingerprint density at radius 3 is 2.19 bits per heavy atom. The summed E-state index contributed by atoms with van der Waals surface area (Å²) in [4.78, 5) is 11.6. The second-order valence-corrected chi connectivity index (χ2v) is 5.03. The van der Waals surface area contributed by atoms with E-state index in [-0.39, 0.29) is 4.47 Å². The number of benzene rings is 2. The van der Waals surface area contributed by atoms with Gasteiger partial charge < -0.3 is 5.32 Å². The van der Waals surface area contributed by atoms with Crippen LogP contribution in [-0.2, 0) is 4.79 Å². The van der Waals surface area contributed by atoms with Gasteiger partial charge in [0.15, 0.2) is 11.6 Å². The maximum Gasteiger partial charge on any atom is 0.248 e. The van der Waals surface area contributed by atoms with Crippen molar-refractivity contribution in [3.63, 3.8) is 0 Å². The van der Waals surface area contributed by atoms with Crippen LogP contribution in [0.15, 0.2) is 46.9 Å². The Morgan fingerprint density at radius 2 is 1.62 bits per heavy atom. The quantitative estimate of drug-likeness (QED) is 0.806. The van der Waals surface area contributed by atoms with E-state index in [0.717, 1.165) is 18.2 Å². The van der Waals surface area contributed by atoms with Gasteiger partial charge in [-0.2, -0.15) is 0 Å². The summed E-state index contributed by atoms with van der Waals surface area (Å²) in [5.74, 6) is -2.86. The maximum atomic E-state index is 13.5. The summed E-state index contributed by atoms with van der Waals surface area (Å²) in [5, 5.41) is 2.12. The summed E-state index contributed by atoms with van der Waals surface area (Å²) in [6, 6.07) is 7.52. The lowest BCUT2D eigenvalue weighted by atomic mass is 10.2. The first-order valence-corrected chi connectivity index (χ1v) is 6.64. The average Bonchev–Trinajstić information content (AvgIpc) is 2.42. The molecule has 0 unspecified atom stereocenters. The smallest absolute Gasteiger partial charge is 0.248 e. The number of hydrogen-bond donors (Lipinski definition) is 1. The monoisotopic (exact) mass is 355 g/mol. The van der Waals surface area contributed by atoms with Gasteiger partial charge in [0.25, 0.3) is 0 Å². The number of carbonyl (C=O) groups excluding carboxylic acids is 1. The molecule has 108 valence electrons. The summed E-state index contributed by atoms with van der Waals surface area (Å²) in [6.07, 6.45) is 2.51. The third-order valence-corrected chi connectivity index (χ3v) is 3.01. The molecule has 0 heterocycles. The summed E-state index contributed by atoms with van der Waals surface area (Å²) in [5.41, 5.74) is 0.0651. The Balaban J connectivity index is 2.10. The summed E-state index contributed by atoms with van der Waals surface area (Å²) < 4.78 is 40.0. The number of anilines is 1. The molecule has 0 saturated heterocycles. The number of rotatable bonds is 3. The molecule has 0 saturated carbocycles. The van der Waals surface area contributed by atoms with Crippen molar-refractivity contribution in [2.24, 2.45) is 0 Å². The zero-order valence-corrected chi connectivity index (χ0v) is 12.1. The topological polar surface area (TPSA) is 29.1 Å². The average molecular weight is 356 g/mol. The van der Waals surface area contributed by atoms with Gasteiger partial charge in [0.05, 0.1) is 0 Å². The largest absolute Gasteiger partial charge is 0.318 e. The van der Waals surface area contributed by atoms with E-state index in [4.69, 9.17) is 0 Å². The van der Waals surface area contributed by atoms with Crippen LogP contribution in [0.3, 0.4) is 0 Å². The molecule has 0 fully saturated rings. The minimum absolute atomic E-state index is 0.234. The highest BCUT2D eigenvalue weighted by Gasteiger charge is 2.12. The Hall–Kier alpha value is -2.08. The minimum atomic E-state index is -0.884. The van der Waals surface area contributed by atoms with Crippen LogP contribution in [0.5, 0.6) is 0 Å². The molecule has 0 aromatic heterocycles. The van der Waals surface area contributed by atoms with Crippen LogP contribution in [0.25, 0.3) is 6.08 Å². The fraction of sp³-hybridized carbons (Fsp3) is 0. The fourth-order valence-electron chi connectivity index (χ4n) is 1.57. The van der Waals surface area contributed by atoms with Gasteiger partial charge in [-0.1, -0.05) is 28.1 Å². The van der Waals surface area contributed by atoms with Gasteiger partial charge in [0.1, 0.15) is 11.5 Å². The van der Waals surface area contributed by atoms with E-state index in [1.807, 2.05) is 0 Å². The lowest BCUT2D eigenvalue weighted by Crippen LogP contribution is -2.11. The second-order valence-electron chi connectivity index (χ2n) is 4.12. The lowest BCUT2D eigenvalue weighted by molar-refractivity contribution is -0.111. The van der Waals surface area contributed by atoms with Crippen LogP contribution in [0.1, 0.15) is 5.56 Å². The molecule has 2 aromatic rings. The fourth-order valence-corrected chi connectivity index (χ4v) is 1.97. The summed E-state index contributed by atoms with van der Waals surface area (Å²) in [7, 11) is 0. The van der Waals surface area contributed by atoms with Gasteiger partial charge >= 0.3 is 0 Å². The first-order valence-electron chi connectivity index (χ1n) is 5.85. The molecule has 0 aliphatic rings. The molecule has 2 nitrogen and oxygen atoms in total. The molecular weight excluding hydrogens is 347 g/mol. The van der Waals surface area contributed by atoms with Crippen LogP contribution in [0.4, 0.5) is 18.9 Å². The van der Waals surface area contributed by atoms with Crippen molar-refractivity contribution in [1.82, 2.24) is 0 Å². The molecule has 21 heavy (non-hydrogen) atoms. The van der Waals surface area contributed by atoms with Gasteiger partial charge in [-0.15, -0.1) is 0 Å². The summed E-state index contributed by atoms with van der Waals surface area (Å²) in [6.45, 7) is 0. The van der Waals surface area contributed by atoms with Crippen LogP contribution >= 0.6 is 15.9 Å². The zero-order chi connectivity index (χ0) is 15.4. The second kappa shape index (κ2) is 6.58. The molecule has 0 aliphatic heterocycles. The van der Waals surface area contributed by atoms with E-state index in [9.17, 15) is 18.0 Å². The van der Waals surface area contributed by atoms with E-state index < -0.39 is 29.0 Å². The third-order valence-electron chi connectivity index (χ3n) is 2.55. The minimum Gasteiger partial charge on any atom is -0.318 e. The van der Waals surface area contributed by atoms with Gasteiger partial charge in [-0.25, -0.2) is 13.2 Å². The number of nitrogens with one attached hydrogen (secondary N) is 1.